The lowest BCUT2D eigenvalue weighted by Crippen LogP contribution is -2.65. The van der Waals surface area contributed by atoms with Crippen LogP contribution < -0.4 is 5.32 Å². The van der Waals surface area contributed by atoms with E-state index in [2.05, 4.69) is 5.32 Å². The number of carbonyl (C=O) groups excluding carboxylic acids is 2. The first kappa shape index (κ1) is 15.4. The number of halogens is 2. The van der Waals surface area contributed by atoms with Gasteiger partial charge in [0.05, 0.1) is 6.54 Å². The molecule has 1 N–H and O–H groups in total. The fraction of sp³-hybridized carbons (Fsp3) is 0.467. The SMILES string of the molecule is CCC1(CC)NC(=O)CN(Cc2cc(F)ccc2F)C1=O. The number of amides is 2. The molecule has 0 aromatic heterocycles. The molecule has 0 atom stereocenters. The van der Waals surface area contributed by atoms with Crippen molar-refractivity contribution in [3.63, 3.8) is 0 Å². The minimum Gasteiger partial charge on any atom is -0.340 e. The van der Waals surface area contributed by atoms with Crippen molar-refractivity contribution in [2.45, 2.75) is 38.8 Å². The van der Waals surface area contributed by atoms with Gasteiger partial charge in [0.2, 0.25) is 11.8 Å². The fourth-order valence-electron chi connectivity index (χ4n) is 2.63. The lowest BCUT2D eigenvalue weighted by atomic mass is 9.88. The van der Waals surface area contributed by atoms with E-state index in [9.17, 15) is 18.4 Å². The molecular formula is C15H18F2N2O2. The van der Waals surface area contributed by atoms with Crippen LogP contribution in [0.1, 0.15) is 32.3 Å². The number of rotatable bonds is 4. The molecule has 2 amide bonds. The van der Waals surface area contributed by atoms with Crippen LogP contribution in [0.25, 0.3) is 0 Å². The van der Waals surface area contributed by atoms with Gasteiger partial charge in [0, 0.05) is 12.1 Å². The molecule has 1 aromatic rings. The largest absolute Gasteiger partial charge is 0.340 e. The zero-order chi connectivity index (χ0) is 15.6. The molecule has 0 bridgehead atoms. The van der Waals surface area contributed by atoms with Crippen molar-refractivity contribution >= 4 is 11.8 Å². The molecule has 2 rings (SSSR count). The van der Waals surface area contributed by atoms with Crippen molar-refractivity contribution in [1.82, 2.24) is 10.2 Å². The highest BCUT2D eigenvalue weighted by atomic mass is 19.1. The van der Waals surface area contributed by atoms with E-state index in [1.807, 2.05) is 13.8 Å². The van der Waals surface area contributed by atoms with Gasteiger partial charge in [-0.1, -0.05) is 13.8 Å². The van der Waals surface area contributed by atoms with Crippen LogP contribution in [-0.4, -0.2) is 28.8 Å². The van der Waals surface area contributed by atoms with Gasteiger partial charge < -0.3 is 10.2 Å². The molecular weight excluding hydrogens is 278 g/mol. The van der Waals surface area contributed by atoms with Gasteiger partial charge in [-0.05, 0) is 31.0 Å². The lowest BCUT2D eigenvalue weighted by molar-refractivity contribution is -0.151. The average molecular weight is 296 g/mol. The summed E-state index contributed by atoms with van der Waals surface area (Å²) >= 11 is 0. The molecule has 1 aliphatic heterocycles. The number of hydrogen-bond acceptors (Lipinski definition) is 2. The second-order valence-electron chi connectivity index (χ2n) is 5.23. The van der Waals surface area contributed by atoms with E-state index in [1.165, 1.54) is 4.90 Å². The minimum atomic E-state index is -0.945. The van der Waals surface area contributed by atoms with Crippen LogP contribution in [0, 0.1) is 11.6 Å². The summed E-state index contributed by atoms with van der Waals surface area (Å²) in [5, 5.41) is 2.72. The first-order valence-corrected chi connectivity index (χ1v) is 6.96. The van der Waals surface area contributed by atoms with Crippen molar-refractivity contribution < 1.29 is 18.4 Å². The van der Waals surface area contributed by atoms with Crippen LogP contribution in [0.4, 0.5) is 8.78 Å². The third-order valence-corrected chi connectivity index (χ3v) is 3.99. The molecule has 0 spiro atoms. The zero-order valence-corrected chi connectivity index (χ0v) is 12.1. The van der Waals surface area contributed by atoms with Crippen molar-refractivity contribution in [3.8, 4) is 0 Å². The summed E-state index contributed by atoms with van der Waals surface area (Å²) in [5.74, 6) is -1.70. The zero-order valence-electron chi connectivity index (χ0n) is 12.1. The quantitative estimate of drug-likeness (QED) is 0.923. The van der Waals surface area contributed by atoms with Crippen LogP contribution in [0.15, 0.2) is 18.2 Å². The Kier molecular flexibility index (Phi) is 4.25. The van der Waals surface area contributed by atoms with E-state index >= 15 is 0 Å². The predicted octanol–water partition coefficient (Wildman–Crippen LogP) is 1.98. The number of piperazine rings is 1. The molecule has 0 unspecified atom stereocenters. The molecule has 1 heterocycles. The van der Waals surface area contributed by atoms with Gasteiger partial charge >= 0.3 is 0 Å². The number of nitrogens with one attached hydrogen (secondary N) is 1. The molecule has 0 radical (unpaired) electrons. The third kappa shape index (κ3) is 2.89. The molecule has 1 fully saturated rings. The Morgan fingerprint density at radius 3 is 2.52 bits per heavy atom. The van der Waals surface area contributed by atoms with Crippen LogP contribution in [0.5, 0.6) is 0 Å². The van der Waals surface area contributed by atoms with Gasteiger partial charge in [-0.25, -0.2) is 8.78 Å². The standard InChI is InChI=1S/C15H18F2N2O2/c1-3-15(4-2)14(21)19(9-13(20)18-15)8-10-7-11(16)5-6-12(10)17/h5-7H,3-4,8-9H2,1-2H3,(H,18,20). The maximum Gasteiger partial charge on any atom is 0.249 e. The molecule has 1 aromatic carbocycles. The molecule has 0 saturated carbocycles. The van der Waals surface area contributed by atoms with E-state index in [4.69, 9.17) is 0 Å². The van der Waals surface area contributed by atoms with Crippen molar-refractivity contribution in [1.29, 1.82) is 0 Å². The van der Waals surface area contributed by atoms with E-state index in [0.29, 0.717) is 12.8 Å². The third-order valence-electron chi connectivity index (χ3n) is 3.99. The van der Waals surface area contributed by atoms with Gasteiger partial charge in [-0.15, -0.1) is 0 Å². The Morgan fingerprint density at radius 1 is 1.24 bits per heavy atom. The summed E-state index contributed by atoms with van der Waals surface area (Å²) < 4.78 is 26.9. The predicted molar refractivity (Wildman–Crippen MR) is 73.2 cm³/mol. The Bertz CT molecular complexity index is 571. The van der Waals surface area contributed by atoms with Crippen LogP contribution >= 0.6 is 0 Å². The number of carbonyl (C=O) groups is 2. The first-order valence-electron chi connectivity index (χ1n) is 6.96. The topological polar surface area (TPSA) is 49.4 Å². The molecule has 4 nitrogen and oxygen atoms in total. The first-order chi connectivity index (χ1) is 9.91. The van der Waals surface area contributed by atoms with Gasteiger partial charge in [0.25, 0.3) is 0 Å². The van der Waals surface area contributed by atoms with Crippen LogP contribution in [0.3, 0.4) is 0 Å². The van der Waals surface area contributed by atoms with Gasteiger partial charge in [0.15, 0.2) is 0 Å². The normalized spacial score (nSPS) is 17.8. The second kappa shape index (κ2) is 5.79. The van der Waals surface area contributed by atoms with Crippen LogP contribution in [0.2, 0.25) is 0 Å². The molecule has 1 saturated heterocycles. The smallest absolute Gasteiger partial charge is 0.249 e. The highest BCUT2D eigenvalue weighted by molar-refractivity contribution is 5.97. The Hall–Kier alpha value is -1.98. The lowest BCUT2D eigenvalue weighted by Gasteiger charge is -2.41. The van der Waals surface area contributed by atoms with Crippen molar-refractivity contribution in [3.05, 3.63) is 35.4 Å². The molecule has 6 heteroatoms. The van der Waals surface area contributed by atoms with E-state index in [-0.39, 0.29) is 30.5 Å². The molecule has 21 heavy (non-hydrogen) atoms. The minimum absolute atomic E-state index is 0.0687. The Morgan fingerprint density at radius 2 is 1.90 bits per heavy atom. The highest BCUT2D eigenvalue weighted by Crippen LogP contribution is 2.24. The highest BCUT2D eigenvalue weighted by Gasteiger charge is 2.43. The molecule has 0 aliphatic carbocycles. The summed E-state index contributed by atoms with van der Waals surface area (Å²) in [4.78, 5) is 25.7. The number of benzene rings is 1. The van der Waals surface area contributed by atoms with E-state index in [1.54, 1.807) is 0 Å². The summed E-state index contributed by atoms with van der Waals surface area (Å²) in [5.41, 5.74) is -0.877. The molecule has 114 valence electrons. The van der Waals surface area contributed by atoms with Crippen molar-refractivity contribution in [2.24, 2.45) is 0 Å². The number of nitrogens with zero attached hydrogens (tertiary/aromatic N) is 1. The Labute approximate surface area is 122 Å². The van der Waals surface area contributed by atoms with Gasteiger partial charge in [-0.3, -0.25) is 9.59 Å². The summed E-state index contributed by atoms with van der Waals surface area (Å²) in [6, 6.07) is 3.09. The van der Waals surface area contributed by atoms with E-state index < -0.39 is 17.2 Å². The van der Waals surface area contributed by atoms with E-state index in [0.717, 1.165) is 18.2 Å². The second-order valence-corrected chi connectivity index (χ2v) is 5.23. The van der Waals surface area contributed by atoms with Gasteiger partial charge in [0.1, 0.15) is 17.2 Å². The maximum absolute atomic E-state index is 13.7. The average Bonchev–Trinajstić information content (AvgIpc) is 2.46. The fourth-order valence-corrected chi connectivity index (χ4v) is 2.63. The summed E-state index contributed by atoms with van der Waals surface area (Å²) in [6.07, 6.45) is 0.909. The molecule has 1 aliphatic rings. The summed E-state index contributed by atoms with van der Waals surface area (Å²) in [7, 11) is 0. The maximum atomic E-state index is 13.7. The van der Waals surface area contributed by atoms with Gasteiger partial charge in [-0.2, -0.15) is 0 Å². The monoisotopic (exact) mass is 296 g/mol. The van der Waals surface area contributed by atoms with Crippen LogP contribution in [-0.2, 0) is 16.1 Å². The van der Waals surface area contributed by atoms with Crippen molar-refractivity contribution in [2.75, 3.05) is 6.54 Å². The Balaban J connectivity index is 2.28. The summed E-state index contributed by atoms with van der Waals surface area (Å²) in [6.45, 7) is 3.37. The number of hydrogen-bond donors (Lipinski definition) is 1.